The Morgan fingerprint density at radius 2 is 2.25 bits per heavy atom. The normalized spacial score (nSPS) is 28.9. The molecule has 92 valence electrons. The summed E-state index contributed by atoms with van der Waals surface area (Å²) in [6.07, 6.45) is 4.72. The van der Waals surface area contributed by atoms with Crippen molar-refractivity contribution in [1.29, 1.82) is 0 Å². The number of nitrogens with zero attached hydrogens (tertiary/aromatic N) is 1. The van der Waals surface area contributed by atoms with E-state index >= 15 is 0 Å². The highest BCUT2D eigenvalue weighted by Crippen LogP contribution is 2.43. The van der Waals surface area contributed by atoms with Gasteiger partial charge in [-0.1, -0.05) is 19.8 Å². The zero-order valence-corrected chi connectivity index (χ0v) is 9.78. The number of aliphatic imine (C=N–C) groups is 1. The van der Waals surface area contributed by atoms with E-state index in [2.05, 4.69) is 11.9 Å². The van der Waals surface area contributed by atoms with Gasteiger partial charge in [0.05, 0.1) is 11.5 Å². The van der Waals surface area contributed by atoms with E-state index in [-0.39, 0.29) is 12.0 Å². The third kappa shape index (κ3) is 2.87. The smallest absolute Gasteiger partial charge is 0.309 e. The molecule has 1 saturated carbocycles. The number of carboxylic acid groups (broad SMARTS) is 1. The fourth-order valence-corrected chi connectivity index (χ4v) is 2.46. The molecule has 0 saturated heterocycles. The molecule has 1 fully saturated rings. The van der Waals surface area contributed by atoms with Crippen molar-refractivity contribution in [2.24, 2.45) is 21.9 Å². The number of hydrogen-bond acceptors (Lipinski definition) is 2. The van der Waals surface area contributed by atoms with Crippen LogP contribution >= 0.6 is 0 Å². The van der Waals surface area contributed by atoms with Crippen LogP contribution in [0, 0.1) is 5.41 Å². The second-order valence-corrected chi connectivity index (χ2v) is 4.64. The summed E-state index contributed by atoms with van der Waals surface area (Å²) in [5, 5.41) is 9.33. The van der Waals surface area contributed by atoms with Crippen LogP contribution in [0.2, 0.25) is 0 Å². The Kier molecular flexibility index (Phi) is 4.15. The van der Waals surface area contributed by atoms with Gasteiger partial charge in [-0.2, -0.15) is 0 Å². The van der Waals surface area contributed by atoms with Crippen LogP contribution in [-0.2, 0) is 4.79 Å². The van der Waals surface area contributed by atoms with Crippen LogP contribution in [-0.4, -0.2) is 23.1 Å². The molecule has 1 aliphatic carbocycles. The Balaban J connectivity index is 2.68. The summed E-state index contributed by atoms with van der Waals surface area (Å²) < 4.78 is 0. The second kappa shape index (κ2) is 5.18. The van der Waals surface area contributed by atoms with Crippen molar-refractivity contribution in [1.82, 2.24) is 0 Å². The highest BCUT2D eigenvalue weighted by molar-refractivity contribution is 5.77. The van der Waals surface area contributed by atoms with Crippen LogP contribution in [0.5, 0.6) is 0 Å². The molecule has 0 spiro atoms. The number of carboxylic acids is 1. The number of guanidine groups is 1. The van der Waals surface area contributed by atoms with Gasteiger partial charge in [0.25, 0.3) is 0 Å². The molecule has 1 rings (SSSR count). The second-order valence-electron chi connectivity index (χ2n) is 4.64. The molecule has 0 aromatic carbocycles. The molecule has 5 N–H and O–H groups in total. The summed E-state index contributed by atoms with van der Waals surface area (Å²) in [5.41, 5.74) is 10.0. The number of carbonyl (C=O) groups is 1. The van der Waals surface area contributed by atoms with E-state index in [9.17, 15) is 9.90 Å². The van der Waals surface area contributed by atoms with Gasteiger partial charge in [-0.05, 0) is 25.7 Å². The van der Waals surface area contributed by atoms with Crippen molar-refractivity contribution in [3.8, 4) is 0 Å². The first kappa shape index (κ1) is 12.8. The molecule has 0 heterocycles. The molecule has 0 radical (unpaired) electrons. The van der Waals surface area contributed by atoms with Crippen molar-refractivity contribution in [2.45, 2.75) is 51.5 Å². The minimum Gasteiger partial charge on any atom is -0.481 e. The molecule has 0 aromatic rings. The number of aliphatic carboxylic acids is 1. The summed E-state index contributed by atoms with van der Waals surface area (Å²) in [6.45, 7) is 2.07. The van der Waals surface area contributed by atoms with E-state index in [1.807, 2.05) is 0 Å². The Morgan fingerprint density at radius 3 is 2.75 bits per heavy atom. The number of hydrogen-bond donors (Lipinski definition) is 3. The third-order valence-corrected chi connectivity index (χ3v) is 3.38. The predicted octanol–water partition coefficient (Wildman–Crippen LogP) is 1.07. The standard InChI is InChI=1S/C11H21N3O2/c1-2-3-5-11(9(15)16)6-4-8(7-11)14-10(12)13/h8H,2-7H2,1H3,(H,15,16)(H4,12,13,14). The molecule has 1 aliphatic rings. The molecule has 2 atom stereocenters. The number of unbranched alkanes of at least 4 members (excludes halogenated alkanes) is 1. The minimum absolute atomic E-state index is 0.0158. The van der Waals surface area contributed by atoms with Gasteiger partial charge >= 0.3 is 5.97 Å². The lowest BCUT2D eigenvalue weighted by molar-refractivity contribution is -0.149. The van der Waals surface area contributed by atoms with Gasteiger partial charge < -0.3 is 16.6 Å². The first-order chi connectivity index (χ1) is 7.50. The monoisotopic (exact) mass is 227 g/mol. The van der Waals surface area contributed by atoms with Gasteiger partial charge in [0.2, 0.25) is 0 Å². The van der Waals surface area contributed by atoms with E-state index in [1.54, 1.807) is 0 Å². The summed E-state index contributed by atoms with van der Waals surface area (Å²) in [6, 6.07) is -0.0158. The summed E-state index contributed by atoms with van der Waals surface area (Å²) in [7, 11) is 0. The lowest BCUT2D eigenvalue weighted by Crippen LogP contribution is -2.29. The SMILES string of the molecule is CCCCC1(C(=O)O)CCC(N=C(N)N)C1. The quantitative estimate of drug-likeness (QED) is 0.483. The Morgan fingerprint density at radius 1 is 1.56 bits per heavy atom. The first-order valence-corrected chi connectivity index (χ1v) is 5.82. The van der Waals surface area contributed by atoms with E-state index in [1.165, 1.54) is 0 Å². The topological polar surface area (TPSA) is 102 Å². The van der Waals surface area contributed by atoms with Crippen LogP contribution in [0.3, 0.4) is 0 Å². The largest absolute Gasteiger partial charge is 0.481 e. The van der Waals surface area contributed by atoms with Gasteiger partial charge in [0, 0.05) is 0 Å². The molecule has 0 aliphatic heterocycles. The van der Waals surface area contributed by atoms with Gasteiger partial charge in [-0.3, -0.25) is 9.79 Å². The Hall–Kier alpha value is -1.26. The van der Waals surface area contributed by atoms with Crippen LogP contribution in [0.1, 0.15) is 45.4 Å². The van der Waals surface area contributed by atoms with Crippen molar-refractivity contribution in [3.63, 3.8) is 0 Å². The highest BCUT2D eigenvalue weighted by atomic mass is 16.4. The number of nitrogens with two attached hydrogens (primary N) is 2. The molecular weight excluding hydrogens is 206 g/mol. The average Bonchev–Trinajstić information content (AvgIpc) is 2.59. The van der Waals surface area contributed by atoms with E-state index in [0.29, 0.717) is 12.8 Å². The number of rotatable bonds is 5. The molecule has 0 bridgehead atoms. The summed E-state index contributed by atoms with van der Waals surface area (Å²) in [5.74, 6) is -0.643. The molecular formula is C11H21N3O2. The zero-order chi connectivity index (χ0) is 12.2. The van der Waals surface area contributed by atoms with Crippen LogP contribution < -0.4 is 11.5 Å². The third-order valence-electron chi connectivity index (χ3n) is 3.38. The molecule has 0 aromatic heterocycles. The lowest BCUT2D eigenvalue weighted by Gasteiger charge is -2.23. The van der Waals surface area contributed by atoms with Crippen LogP contribution in [0.4, 0.5) is 0 Å². The zero-order valence-electron chi connectivity index (χ0n) is 9.78. The predicted molar refractivity (Wildman–Crippen MR) is 63.0 cm³/mol. The maximum Gasteiger partial charge on any atom is 0.309 e. The summed E-state index contributed by atoms with van der Waals surface area (Å²) in [4.78, 5) is 15.4. The summed E-state index contributed by atoms with van der Waals surface area (Å²) >= 11 is 0. The molecule has 2 unspecified atom stereocenters. The maximum absolute atomic E-state index is 11.3. The average molecular weight is 227 g/mol. The van der Waals surface area contributed by atoms with Gasteiger partial charge in [0.1, 0.15) is 0 Å². The molecule has 0 amide bonds. The fourth-order valence-electron chi connectivity index (χ4n) is 2.46. The van der Waals surface area contributed by atoms with E-state index in [0.717, 1.165) is 25.7 Å². The molecule has 5 nitrogen and oxygen atoms in total. The minimum atomic E-state index is -0.700. The van der Waals surface area contributed by atoms with Crippen LogP contribution in [0.25, 0.3) is 0 Å². The van der Waals surface area contributed by atoms with E-state index in [4.69, 9.17) is 11.5 Å². The van der Waals surface area contributed by atoms with Gasteiger partial charge in [0.15, 0.2) is 5.96 Å². The highest BCUT2D eigenvalue weighted by Gasteiger charge is 2.44. The van der Waals surface area contributed by atoms with Gasteiger partial charge in [-0.25, -0.2) is 0 Å². The molecule has 5 heteroatoms. The van der Waals surface area contributed by atoms with Gasteiger partial charge in [-0.15, -0.1) is 0 Å². The maximum atomic E-state index is 11.3. The Labute approximate surface area is 95.9 Å². The van der Waals surface area contributed by atoms with Crippen molar-refractivity contribution in [2.75, 3.05) is 0 Å². The fraction of sp³-hybridized carbons (Fsp3) is 0.818. The van der Waals surface area contributed by atoms with E-state index < -0.39 is 11.4 Å². The van der Waals surface area contributed by atoms with Crippen LogP contribution in [0.15, 0.2) is 4.99 Å². The van der Waals surface area contributed by atoms with Crippen molar-refractivity contribution in [3.05, 3.63) is 0 Å². The molecule has 16 heavy (non-hydrogen) atoms. The Bertz CT molecular complexity index is 287. The first-order valence-electron chi connectivity index (χ1n) is 5.82. The lowest BCUT2D eigenvalue weighted by atomic mass is 9.81. The van der Waals surface area contributed by atoms with Crippen molar-refractivity contribution < 1.29 is 9.90 Å². The van der Waals surface area contributed by atoms with Crippen molar-refractivity contribution >= 4 is 11.9 Å².